The Morgan fingerprint density at radius 3 is 2.81 bits per heavy atom. The minimum Gasteiger partial charge on any atom is -0.356 e. The molecule has 0 amide bonds. The number of piperidine rings is 1. The molecule has 1 unspecified atom stereocenters. The van der Waals surface area contributed by atoms with E-state index in [4.69, 9.17) is 16.3 Å². The van der Waals surface area contributed by atoms with Crippen molar-refractivity contribution in [1.29, 1.82) is 0 Å². The normalized spacial score (nSPS) is 23.2. The number of ether oxygens (including phenoxy) is 1. The Kier molecular flexibility index (Phi) is 3.21. The Morgan fingerprint density at radius 2 is 2.00 bits per heavy atom. The van der Waals surface area contributed by atoms with E-state index in [9.17, 15) is 0 Å². The molecule has 1 atom stereocenters. The van der Waals surface area contributed by atoms with Crippen molar-refractivity contribution in [3.05, 3.63) is 64.4 Å². The van der Waals surface area contributed by atoms with Crippen molar-refractivity contribution >= 4 is 11.6 Å². The summed E-state index contributed by atoms with van der Waals surface area (Å²) in [5.74, 6) is 0. The van der Waals surface area contributed by atoms with E-state index in [1.807, 2.05) is 6.07 Å². The molecule has 0 radical (unpaired) electrons. The number of benzene rings is 1. The van der Waals surface area contributed by atoms with Crippen molar-refractivity contribution < 1.29 is 4.74 Å². The minimum atomic E-state index is -0.170. The fraction of sp³-hybridized carbons (Fsp3) is 0.353. The lowest BCUT2D eigenvalue weighted by Crippen LogP contribution is -2.39. The lowest BCUT2D eigenvalue weighted by molar-refractivity contribution is -0.0811. The Bertz CT molecular complexity index is 667. The number of hydrogen-bond donors (Lipinski definition) is 1. The molecule has 1 spiro atoms. The zero-order valence-corrected chi connectivity index (χ0v) is 12.4. The number of fused-ring (bicyclic) bond motifs is 2. The molecule has 0 saturated carbocycles. The third-order valence-corrected chi connectivity index (χ3v) is 4.74. The van der Waals surface area contributed by atoms with Gasteiger partial charge in [0.15, 0.2) is 0 Å². The van der Waals surface area contributed by atoms with Crippen LogP contribution >= 0.6 is 11.6 Å². The number of pyridine rings is 1. The van der Waals surface area contributed by atoms with Gasteiger partial charge in [-0.25, -0.2) is 0 Å². The number of aromatic nitrogens is 1. The molecule has 0 bridgehead atoms. The van der Waals surface area contributed by atoms with Gasteiger partial charge >= 0.3 is 0 Å². The molecule has 4 rings (SSSR count). The standard InChI is InChI=1S/C17H17ClN2O/c18-12-5-8-20-15(11-12)16-13-3-1-2-4-14(13)17(21-16)6-9-19-10-7-17/h1-5,8,11,16,19H,6-7,9-10H2. The molecule has 108 valence electrons. The summed E-state index contributed by atoms with van der Waals surface area (Å²) in [6, 6.07) is 12.2. The molecule has 1 saturated heterocycles. The predicted octanol–water partition coefficient (Wildman–Crippen LogP) is 3.43. The molecule has 4 heteroatoms. The summed E-state index contributed by atoms with van der Waals surface area (Å²) >= 11 is 6.12. The maximum absolute atomic E-state index is 6.54. The highest BCUT2D eigenvalue weighted by Gasteiger charge is 2.46. The zero-order chi connectivity index (χ0) is 14.3. The van der Waals surface area contributed by atoms with Crippen LogP contribution in [0.1, 0.15) is 35.8 Å². The average Bonchev–Trinajstić information content (AvgIpc) is 2.83. The quantitative estimate of drug-likeness (QED) is 0.876. The Balaban J connectivity index is 1.81. The molecule has 3 nitrogen and oxygen atoms in total. The zero-order valence-electron chi connectivity index (χ0n) is 11.7. The Morgan fingerprint density at radius 1 is 1.19 bits per heavy atom. The van der Waals surface area contributed by atoms with Crippen LogP contribution in [0.5, 0.6) is 0 Å². The number of nitrogens with zero attached hydrogens (tertiary/aromatic N) is 1. The molecular formula is C17H17ClN2O. The van der Waals surface area contributed by atoms with Gasteiger partial charge in [-0.2, -0.15) is 0 Å². The van der Waals surface area contributed by atoms with Crippen molar-refractivity contribution in [1.82, 2.24) is 10.3 Å². The highest BCUT2D eigenvalue weighted by atomic mass is 35.5. The largest absolute Gasteiger partial charge is 0.356 e. The van der Waals surface area contributed by atoms with Crippen LogP contribution < -0.4 is 5.32 Å². The van der Waals surface area contributed by atoms with Gasteiger partial charge in [0.05, 0.1) is 11.3 Å². The fourth-order valence-corrected chi connectivity index (χ4v) is 3.66. The monoisotopic (exact) mass is 300 g/mol. The molecule has 1 N–H and O–H groups in total. The van der Waals surface area contributed by atoms with E-state index < -0.39 is 0 Å². The molecule has 2 aliphatic heterocycles. The van der Waals surface area contributed by atoms with Gasteiger partial charge in [0.25, 0.3) is 0 Å². The van der Waals surface area contributed by atoms with Crippen LogP contribution in [0, 0.1) is 0 Å². The maximum atomic E-state index is 6.54. The molecule has 2 aliphatic rings. The van der Waals surface area contributed by atoms with Crippen molar-refractivity contribution in [3.63, 3.8) is 0 Å². The van der Waals surface area contributed by atoms with Crippen LogP contribution in [-0.4, -0.2) is 18.1 Å². The lowest BCUT2D eigenvalue weighted by atomic mass is 9.84. The molecule has 0 aliphatic carbocycles. The van der Waals surface area contributed by atoms with E-state index in [1.165, 1.54) is 11.1 Å². The first-order valence-electron chi connectivity index (χ1n) is 7.38. The van der Waals surface area contributed by atoms with Gasteiger partial charge in [-0.1, -0.05) is 35.9 Å². The number of halogens is 1. The van der Waals surface area contributed by atoms with E-state index >= 15 is 0 Å². The van der Waals surface area contributed by atoms with Crippen LogP contribution in [-0.2, 0) is 10.3 Å². The summed E-state index contributed by atoms with van der Waals surface area (Å²) in [5, 5.41) is 4.11. The summed E-state index contributed by atoms with van der Waals surface area (Å²) in [7, 11) is 0. The van der Waals surface area contributed by atoms with Crippen LogP contribution in [0.2, 0.25) is 5.02 Å². The van der Waals surface area contributed by atoms with Crippen LogP contribution in [0.4, 0.5) is 0 Å². The van der Waals surface area contributed by atoms with Crippen LogP contribution in [0.25, 0.3) is 0 Å². The summed E-state index contributed by atoms with van der Waals surface area (Å²) in [6.07, 6.45) is 3.64. The Labute approximate surface area is 129 Å². The molecule has 1 fully saturated rings. The van der Waals surface area contributed by atoms with Crippen molar-refractivity contribution in [3.8, 4) is 0 Å². The van der Waals surface area contributed by atoms with E-state index in [1.54, 1.807) is 12.3 Å². The molecule has 1 aromatic heterocycles. The number of rotatable bonds is 1. The third kappa shape index (κ3) is 2.16. The predicted molar refractivity (Wildman–Crippen MR) is 82.4 cm³/mol. The van der Waals surface area contributed by atoms with Gasteiger partial charge in [-0.05, 0) is 49.2 Å². The van der Waals surface area contributed by atoms with Crippen LogP contribution in [0.3, 0.4) is 0 Å². The van der Waals surface area contributed by atoms with E-state index in [-0.39, 0.29) is 11.7 Å². The lowest BCUT2D eigenvalue weighted by Gasteiger charge is -2.34. The second-order valence-electron chi connectivity index (χ2n) is 5.73. The van der Waals surface area contributed by atoms with Gasteiger partial charge in [-0.3, -0.25) is 4.98 Å². The molecule has 2 aromatic rings. The van der Waals surface area contributed by atoms with Crippen LogP contribution in [0.15, 0.2) is 42.6 Å². The smallest absolute Gasteiger partial charge is 0.126 e. The second-order valence-corrected chi connectivity index (χ2v) is 6.16. The highest BCUT2D eigenvalue weighted by Crippen LogP contribution is 2.50. The van der Waals surface area contributed by atoms with Gasteiger partial charge < -0.3 is 10.1 Å². The first kappa shape index (κ1) is 13.3. The minimum absolute atomic E-state index is 0.113. The number of nitrogens with one attached hydrogen (secondary N) is 1. The topological polar surface area (TPSA) is 34.1 Å². The Hall–Kier alpha value is -1.42. The first-order valence-corrected chi connectivity index (χ1v) is 7.76. The highest BCUT2D eigenvalue weighted by molar-refractivity contribution is 6.30. The SMILES string of the molecule is Clc1ccnc(C2OC3(CCNCC3)c3ccccc32)c1. The maximum Gasteiger partial charge on any atom is 0.126 e. The second kappa shape index (κ2) is 5.09. The average molecular weight is 301 g/mol. The van der Waals surface area contributed by atoms with E-state index in [0.29, 0.717) is 5.02 Å². The van der Waals surface area contributed by atoms with Crippen molar-refractivity contribution in [2.45, 2.75) is 24.5 Å². The number of hydrogen-bond acceptors (Lipinski definition) is 3. The molecule has 21 heavy (non-hydrogen) atoms. The van der Waals surface area contributed by atoms with Gasteiger partial charge in [0.2, 0.25) is 0 Å². The van der Waals surface area contributed by atoms with Crippen molar-refractivity contribution in [2.24, 2.45) is 0 Å². The first-order chi connectivity index (χ1) is 10.3. The van der Waals surface area contributed by atoms with Gasteiger partial charge in [0.1, 0.15) is 6.10 Å². The van der Waals surface area contributed by atoms with Crippen molar-refractivity contribution in [2.75, 3.05) is 13.1 Å². The van der Waals surface area contributed by atoms with Gasteiger partial charge in [0, 0.05) is 11.2 Å². The van der Waals surface area contributed by atoms with E-state index in [0.717, 1.165) is 31.6 Å². The molecule has 1 aromatic carbocycles. The molecule has 3 heterocycles. The summed E-state index contributed by atoms with van der Waals surface area (Å²) < 4.78 is 6.54. The summed E-state index contributed by atoms with van der Waals surface area (Å²) in [5.41, 5.74) is 3.27. The summed E-state index contributed by atoms with van der Waals surface area (Å²) in [6.45, 7) is 1.98. The third-order valence-electron chi connectivity index (χ3n) is 4.50. The fourth-order valence-electron chi connectivity index (χ4n) is 3.50. The molecular weight excluding hydrogens is 284 g/mol. The van der Waals surface area contributed by atoms with E-state index in [2.05, 4.69) is 34.6 Å². The summed E-state index contributed by atoms with van der Waals surface area (Å²) in [4.78, 5) is 4.47. The van der Waals surface area contributed by atoms with Gasteiger partial charge in [-0.15, -0.1) is 0 Å².